The lowest BCUT2D eigenvalue weighted by Crippen LogP contribution is -3.00. The Morgan fingerprint density at radius 2 is 1.55 bits per heavy atom. The minimum Gasteiger partial charge on any atom is -1.00 e. The molecule has 7 rings (SSSR count). The fourth-order valence-electron chi connectivity index (χ4n) is 8.77. The maximum atomic E-state index is 13.8. The van der Waals surface area contributed by atoms with Crippen molar-refractivity contribution >= 4 is 29.1 Å². The Labute approximate surface area is 267 Å². The summed E-state index contributed by atoms with van der Waals surface area (Å²) in [6.45, 7) is 6.51. The van der Waals surface area contributed by atoms with E-state index in [0.717, 1.165) is 25.3 Å². The van der Waals surface area contributed by atoms with Gasteiger partial charge in [-0.3, -0.25) is 4.79 Å². The number of hydrogen-bond acceptors (Lipinski definition) is 3. The third-order valence-corrected chi connectivity index (χ3v) is 12.3. The second-order valence-electron chi connectivity index (χ2n) is 13.4. The van der Waals surface area contributed by atoms with E-state index in [2.05, 4.69) is 6.07 Å². The van der Waals surface area contributed by atoms with Crippen molar-refractivity contribution in [3.63, 3.8) is 0 Å². The summed E-state index contributed by atoms with van der Waals surface area (Å²) in [5, 5.41) is 1.17. The number of nitrogens with zero attached hydrogens (tertiary/aromatic N) is 2. The van der Waals surface area contributed by atoms with Gasteiger partial charge in [-0.05, 0) is 60.4 Å². The number of quaternary nitrogens is 1. The third-order valence-electron chi connectivity index (χ3n) is 11.6. The summed E-state index contributed by atoms with van der Waals surface area (Å²) >= 11 is 12.9. The highest BCUT2D eigenvalue weighted by Crippen LogP contribution is 2.53. The van der Waals surface area contributed by atoms with Crippen LogP contribution in [0.15, 0.2) is 36.4 Å². The van der Waals surface area contributed by atoms with Gasteiger partial charge in [-0.1, -0.05) is 48.5 Å². The number of halogens is 3. The van der Waals surface area contributed by atoms with E-state index in [9.17, 15) is 4.79 Å². The Kier molecular flexibility index (Phi) is 9.64. The van der Waals surface area contributed by atoms with Gasteiger partial charge in [0, 0.05) is 55.8 Å². The first kappa shape index (κ1) is 31.8. The summed E-state index contributed by atoms with van der Waals surface area (Å²) in [7, 11) is 3.23. The average molecular weight is 636 g/mol. The smallest absolute Gasteiger partial charge is 0.254 e. The number of methoxy groups -OCH3 is 2. The molecule has 0 spiro atoms. The van der Waals surface area contributed by atoms with Gasteiger partial charge in [0.15, 0.2) is 0 Å². The Bertz CT molecular complexity index is 1230. The van der Waals surface area contributed by atoms with Crippen LogP contribution in [0.2, 0.25) is 10.0 Å². The minimum absolute atomic E-state index is 0. The number of carbonyl (C=O) groups excluding carboxylic acids is 1. The van der Waals surface area contributed by atoms with Crippen molar-refractivity contribution in [3.05, 3.63) is 57.6 Å². The highest BCUT2D eigenvalue weighted by molar-refractivity contribution is 6.42. The zero-order valence-corrected chi connectivity index (χ0v) is 27.4. The second-order valence-corrected chi connectivity index (χ2v) is 14.2. The molecule has 2 aromatic rings. The van der Waals surface area contributed by atoms with Crippen molar-refractivity contribution in [3.8, 4) is 11.5 Å². The standard InChI is InChI=1S/C34H45Cl2N2O3.ClH/c1-40-28-20-25(21-29(23-28)41-2)32(39)37-15-10-34(24-37,27-8-9-30(35)31(36)22-27)14-19-38-16-11-33(12-17-38,13-18-38)26-6-4-3-5-7-26;/h8-9,20-23,26H,3-7,10-19,24H2,1-2H3;1H/q+1;/p-1. The molecule has 1 atom stereocenters. The van der Waals surface area contributed by atoms with E-state index in [1.54, 1.807) is 20.3 Å². The average Bonchev–Trinajstić information content (AvgIpc) is 3.48. The van der Waals surface area contributed by atoms with Gasteiger partial charge >= 0.3 is 0 Å². The molecule has 1 aliphatic carbocycles. The second kappa shape index (κ2) is 12.8. The van der Waals surface area contributed by atoms with Gasteiger partial charge in [-0.2, -0.15) is 0 Å². The summed E-state index contributed by atoms with van der Waals surface area (Å²) in [5.41, 5.74) is 2.28. The highest BCUT2D eigenvalue weighted by Gasteiger charge is 2.53. The van der Waals surface area contributed by atoms with Gasteiger partial charge in [-0.25, -0.2) is 0 Å². The van der Waals surface area contributed by atoms with Crippen LogP contribution in [0.4, 0.5) is 0 Å². The molecule has 4 saturated heterocycles. The lowest BCUT2D eigenvalue weighted by molar-refractivity contribution is -0.946. The Balaban J connectivity index is 0.00000353. The van der Waals surface area contributed by atoms with Crippen LogP contribution in [0.5, 0.6) is 11.5 Å². The number of benzene rings is 2. The zero-order valence-electron chi connectivity index (χ0n) is 25.1. The Hall–Kier alpha value is -1.66. The van der Waals surface area contributed by atoms with E-state index in [1.807, 2.05) is 29.2 Å². The molecule has 2 aromatic carbocycles. The maximum Gasteiger partial charge on any atom is 0.254 e. The van der Waals surface area contributed by atoms with Gasteiger partial charge in [-0.15, -0.1) is 0 Å². The SMILES string of the molecule is COc1cc(OC)cc(C(=O)N2CCC(CC[N+]34CCC(C5CCCCC5)(CC3)CC4)(c3ccc(Cl)c(Cl)c3)C2)c1.[Cl-]. The molecule has 2 bridgehead atoms. The molecule has 1 saturated carbocycles. The molecule has 4 aliphatic heterocycles. The summed E-state index contributed by atoms with van der Waals surface area (Å²) in [4.78, 5) is 15.8. The number of piperidine rings is 3. The van der Waals surface area contributed by atoms with Crippen molar-refractivity contribution in [1.29, 1.82) is 0 Å². The Morgan fingerprint density at radius 3 is 2.14 bits per heavy atom. The van der Waals surface area contributed by atoms with Crippen LogP contribution in [0.3, 0.4) is 0 Å². The number of ether oxygens (including phenoxy) is 2. The number of hydrogen-bond donors (Lipinski definition) is 0. The van der Waals surface area contributed by atoms with Gasteiger partial charge in [0.05, 0.1) is 50.4 Å². The van der Waals surface area contributed by atoms with Gasteiger partial charge in [0.2, 0.25) is 0 Å². The molecule has 5 aliphatic rings. The van der Waals surface area contributed by atoms with Crippen LogP contribution in [-0.2, 0) is 5.41 Å². The van der Waals surface area contributed by atoms with Gasteiger partial charge < -0.3 is 31.3 Å². The molecule has 1 amide bonds. The highest BCUT2D eigenvalue weighted by atomic mass is 35.5. The molecular formula is C34H45Cl3N2O3. The molecule has 0 N–H and O–H groups in total. The quantitative estimate of drug-likeness (QED) is 0.393. The maximum absolute atomic E-state index is 13.8. The number of rotatable bonds is 8. The molecule has 4 heterocycles. The fourth-order valence-corrected chi connectivity index (χ4v) is 9.07. The van der Waals surface area contributed by atoms with Crippen molar-refractivity contribution in [2.75, 3.05) is 53.5 Å². The molecular weight excluding hydrogens is 591 g/mol. The number of carbonyl (C=O) groups is 1. The lowest BCUT2D eigenvalue weighted by Gasteiger charge is -2.58. The van der Waals surface area contributed by atoms with Crippen LogP contribution in [0, 0.1) is 11.3 Å². The monoisotopic (exact) mass is 634 g/mol. The van der Waals surface area contributed by atoms with Crippen LogP contribution < -0.4 is 21.9 Å². The lowest BCUT2D eigenvalue weighted by atomic mass is 9.59. The molecule has 0 radical (unpaired) electrons. The summed E-state index contributed by atoms with van der Waals surface area (Å²) in [5.74, 6) is 2.23. The predicted molar refractivity (Wildman–Crippen MR) is 165 cm³/mol. The molecule has 230 valence electrons. The number of likely N-dealkylation sites (tertiary alicyclic amines) is 1. The van der Waals surface area contributed by atoms with E-state index in [4.69, 9.17) is 32.7 Å². The van der Waals surface area contributed by atoms with Crippen LogP contribution in [0.25, 0.3) is 0 Å². The number of fused-ring (bicyclic) bond motifs is 3. The van der Waals surface area contributed by atoms with E-state index in [0.29, 0.717) is 45.6 Å². The van der Waals surface area contributed by atoms with Crippen LogP contribution in [-0.4, -0.2) is 68.8 Å². The van der Waals surface area contributed by atoms with Crippen LogP contribution in [0.1, 0.15) is 80.1 Å². The van der Waals surface area contributed by atoms with Crippen molar-refractivity contribution in [1.82, 2.24) is 4.90 Å². The van der Waals surface area contributed by atoms with Crippen LogP contribution >= 0.6 is 23.2 Å². The van der Waals surface area contributed by atoms with E-state index < -0.39 is 0 Å². The summed E-state index contributed by atoms with van der Waals surface area (Å²) < 4.78 is 12.1. The third kappa shape index (κ3) is 6.01. The largest absolute Gasteiger partial charge is 1.00 e. The Morgan fingerprint density at radius 1 is 0.905 bits per heavy atom. The molecule has 5 fully saturated rings. The van der Waals surface area contributed by atoms with Gasteiger partial charge in [0.25, 0.3) is 5.91 Å². The molecule has 1 unspecified atom stereocenters. The van der Waals surface area contributed by atoms with Crippen molar-refractivity contribution in [2.45, 2.75) is 69.6 Å². The first-order chi connectivity index (χ1) is 19.8. The zero-order chi connectivity index (χ0) is 28.7. The summed E-state index contributed by atoms with van der Waals surface area (Å²) in [6.07, 6.45) is 13.4. The predicted octanol–water partition coefficient (Wildman–Crippen LogP) is 4.77. The normalized spacial score (nSPS) is 29.3. The first-order valence-corrected chi connectivity index (χ1v) is 16.4. The van der Waals surface area contributed by atoms with E-state index in [-0.39, 0.29) is 23.7 Å². The first-order valence-electron chi connectivity index (χ1n) is 15.6. The topological polar surface area (TPSA) is 38.8 Å². The molecule has 0 aromatic heterocycles. The van der Waals surface area contributed by atoms with Crippen molar-refractivity contribution < 1.29 is 31.2 Å². The summed E-state index contributed by atoms with van der Waals surface area (Å²) in [6, 6.07) is 11.5. The van der Waals surface area contributed by atoms with Crippen molar-refractivity contribution in [2.24, 2.45) is 11.3 Å². The van der Waals surface area contributed by atoms with E-state index >= 15 is 0 Å². The van der Waals surface area contributed by atoms with Gasteiger partial charge in [0.1, 0.15) is 11.5 Å². The minimum atomic E-state index is -0.144. The number of amides is 1. The molecule has 5 nitrogen and oxygen atoms in total. The fraction of sp³-hybridized carbons (Fsp3) is 0.618. The molecule has 42 heavy (non-hydrogen) atoms. The van der Waals surface area contributed by atoms with E-state index in [1.165, 1.54) is 81.0 Å². The molecule has 8 heteroatoms.